The van der Waals surface area contributed by atoms with E-state index in [1.165, 1.54) is 12.4 Å². The van der Waals surface area contributed by atoms with Crippen LogP contribution in [-0.2, 0) is 0 Å². The van der Waals surface area contributed by atoms with Crippen molar-refractivity contribution in [3.8, 4) is 11.5 Å². The maximum Gasteiger partial charge on any atom is 0.257 e. The van der Waals surface area contributed by atoms with Crippen LogP contribution in [0.25, 0.3) is 0 Å². The Balaban J connectivity index is 1.49. The highest BCUT2D eigenvalue weighted by Crippen LogP contribution is 2.32. The molecule has 2 aliphatic rings. The number of rotatable bonds is 3. The number of nitrogens with zero attached hydrogens (tertiary/aromatic N) is 2. The van der Waals surface area contributed by atoms with E-state index in [9.17, 15) is 9.59 Å². The van der Waals surface area contributed by atoms with Crippen LogP contribution in [0, 0.1) is 0 Å². The van der Waals surface area contributed by atoms with Crippen LogP contribution in [0.4, 0.5) is 5.69 Å². The minimum atomic E-state index is -0.328. The first-order chi connectivity index (χ1) is 12.7. The number of carbonyl (C=O) groups excluding carboxylic acids is 2. The fourth-order valence-corrected chi connectivity index (χ4v) is 3.11. The molecule has 1 aromatic carbocycles. The lowest BCUT2D eigenvalue weighted by molar-refractivity contribution is 0.0792. The molecule has 1 aromatic heterocycles. The van der Waals surface area contributed by atoms with E-state index in [1.807, 2.05) is 0 Å². The molecule has 134 valence electrons. The lowest BCUT2D eigenvalue weighted by Gasteiger charge is -2.19. The number of hydrogen-bond donors (Lipinski definition) is 1. The highest BCUT2D eigenvalue weighted by molar-refractivity contribution is 6.06. The number of aromatic nitrogens is 1. The smallest absolute Gasteiger partial charge is 0.257 e. The molecule has 0 radical (unpaired) electrons. The lowest BCUT2D eigenvalue weighted by Crippen LogP contribution is -2.28. The number of anilines is 1. The first-order valence-electron chi connectivity index (χ1n) is 8.66. The topological polar surface area (TPSA) is 80.8 Å². The average molecular weight is 353 g/mol. The fourth-order valence-electron chi connectivity index (χ4n) is 3.11. The van der Waals surface area contributed by atoms with Crippen LogP contribution in [0.1, 0.15) is 33.6 Å². The largest absolute Gasteiger partial charge is 0.486 e. The molecule has 7 nitrogen and oxygen atoms in total. The molecule has 2 amide bonds. The maximum absolute atomic E-state index is 12.5. The van der Waals surface area contributed by atoms with E-state index in [0.717, 1.165) is 25.9 Å². The SMILES string of the molecule is O=C(Nc1ccc2c(c1)OCCO2)c1cncc(C(=O)N2CCCC2)c1. The van der Waals surface area contributed by atoms with Gasteiger partial charge in [-0.2, -0.15) is 0 Å². The van der Waals surface area contributed by atoms with Crippen molar-refractivity contribution in [3.05, 3.63) is 47.8 Å². The monoisotopic (exact) mass is 353 g/mol. The molecule has 0 spiro atoms. The Labute approximate surface area is 150 Å². The molecule has 0 unspecified atom stereocenters. The van der Waals surface area contributed by atoms with Crippen LogP contribution in [0.3, 0.4) is 0 Å². The Bertz CT molecular complexity index is 846. The normalized spacial score (nSPS) is 15.6. The number of benzene rings is 1. The zero-order valence-electron chi connectivity index (χ0n) is 14.2. The minimum Gasteiger partial charge on any atom is -0.486 e. The van der Waals surface area contributed by atoms with Crippen molar-refractivity contribution in [2.45, 2.75) is 12.8 Å². The van der Waals surface area contributed by atoms with E-state index < -0.39 is 0 Å². The average Bonchev–Trinajstić information content (AvgIpc) is 3.22. The zero-order valence-corrected chi connectivity index (χ0v) is 14.2. The predicted octanol–water partition coefficient (Wildman–Crippen LogP) is 2.34. The Morgan fingerprint density at radius 2 is 1.69 bits per heavy atom. The van der Waals surface area contributed by atoms with Gasteiger partial charge in [-0.3, -0.25) is 14.6 Å². The van der Waals surface area contributed by atoms with E-state index >= 15 is 0 Å². The van der Waals surface area contributed by atoms with Gasteiger partial charge in [0, 0.05) is 37.2 Å². The lowest BCUT2D eigenvalue weighted by atomic mass is 10.1. The third-order valence-corrected chi connectivity index (χ3v) is 4.44. The van der Waals surface area contributed by atoms with Crippen LogP contribution >= 0.6 is 0 Å². The summed E-state index contributed by atoms with van der Waals surface area (Å²) in [6, 6.07) is 6.81. The minimum absolute atomic E-state index is 0.0796. The number of ether oxygens (including phenoxy) is 2. The van der Waals surface area contributed by atoms with Gasteiger partial charge in [0.25, 0.3) is 11.8 Å². The van der Waals surface area contributed by atoms with Gasteiger partial charge in [0.15, 0.2) is 11.5 Å². The van der Waals surface area contributed by atoms with Gasteiger partial charge in [-0.25, -0.2) is 0 Å². The van der Waals surface area contributed by atoms with Crippen LogP contribution in [0.2, 0.25) is 0 Å². The summed E-state index contributed by atoms with van der Waals surface area (Å²) in [7, 11) is 0. The molecule has 26 heavy (non-hydrogen) atoms. The van der Waals surface area contributed by atoms with Gasteiger partial charge in [-0.05, 0) is 31.0 Å². The van der Waals surface area contributed by atoms with Crippen molar-refractivity contribution in [1.82, 2.24) is 9.88 Å². The first-order valence-corrected chi connectivity index (χ1v) is 8.66. The molecule has 0 aliphatic carbocycles. The third kappa shape index (κ3) is 3.33. The Kier molecular flexibility index (Phi) is 4.43. The number of nitrogens with one attached hydrogen (secondary N) is 1. The summed E-state index contributed by atoms with van der Waals surface area (Å²) in [5.74, 6) is 0.855. The van der Waals surface area contributed by atoms with Crippen LogP contribution in [0.15, 0.2) is 36.7 Å². The number of likely N-dealkylation sites (tertiary alicyclic amines) is 1. The van der Waals surface area contributed by atoms with E-state index in [4.69, 9.17) is 9.47 Å². The standard InChI is InChI=1S/C19H19N3O4/c23-18(21-15-3-4-16-17(10-15)26-8-7-25-16)13-9-14(12-20-11-13)19(24)22-5-1-2-6-22/h3-4,9-12H,1-2,5-8H2,(H,21,23). The highest BCUT2D eigenvalue weighted by atomic mass is 16.6. The van der Waals surface area contributed by atoms with Crippen molar-refractivity contribution in [3.63, 3.8) is 0 Å². The summed E-state index contributed by atoms with van der Waals surface area (Å²) >= 11 is 0. The summed E-state index contributed by atoms with van der Waals surface area (Å²) in [6.45, 7) is 2.51. The molecule has 0 saturated carbocycles. The Hall–Kier alpha value is -3.09. The fraction of sp³-hybridized carbons (Fsp3) is 0.316. The number of pyridine rings is 1. The van der Waals surface area contributed by atoms with Crippen molar-refractivity contribution in [1.29, 1.82) is 0 Å². The van der Waals surface area contributed by atoms with Crippen LogP contribution in [-0.4, -0.2) is 48.0 Å². The molecule has 3 heterocycles. The van der Waals surface area contributed by atoms with E-state index in [2.05, 4.69) is 10.3 Å². The Morgan fingerprint density at radius 3 is 2.50 bits per heavy atom. The van der Waals surface area contributed by atoms with Gasteiger partial charge in [-0.15, -0.1) is 0 Å². The summed E-state index contributed by atoms with van der Waals surface area (Å²) in [5, 5.41) is 2.80. The summed E-state index contributed by atoms with van der Waals surface area (Å²) in [6.07, 6.45) is 4.99. The first kappa shape index (κ1) is 16.4. The van der Waals surface area contributed by atoms with Crippen molar-refractivity contribution in [2.75, 3.05) is 31.6 Å². The number of carbonyl (C=O) groups is 2. The third-order valence-electron chi connectivity index (χ3n) is 4.44. The predicted molar refractivity (Wildman–Crippen MR) is 94.8 cm³/mol. The zero-order chi connectivity index (χ0) is 17.9. The van der Waals surface area contributed by atoms with E-state index in [0.29, 0.717) is 41.5 Å². The summed E-state index contributed by atoms with van der Waals surface area (Å²) in [4.78, 5) is 30.8. The second-order valence-electron chi connectivity index (χ2n) is 6.27. The van der Waals surface area contributed by atoms with Crippen LogP contribution < -0.4 is 14.8 Å². The van der Waals surface area contributed by atoms with Crippen molar-refractivity contribution >= 4 is 17.5 Å². The van der Waals surface area contributed by atoms with Crippen molar-refractivity contribution < 1.29 is 19.1 Å². The van der Waals surface area contributed by atoms with E-state index in [-0.39, 0.29) is 11.8 Å². The quantitative estimate of drug-likeness (QED) is 0.916. The van der Waals surface area contributed by atoms with Gasteiger partial charge in [0.1, 0.15) is 13.2 Å². The molecule has 0 atom stereocenters. The number of amides is 2. The van der Waals surface area contributed by atoms with Gasteiger partial charge >= 0.3 is 0 Å². The Morgan fingerprint density at radius 1 is 0.962 bits per heavy atom. The molecule has 2 aromatic rings. The number of fused-ring (bicyclic) bond motifs is 1. The molecule has 4 rings (SSSR count). The second kappa shape index (κ2) is 7.03. The van der Waals surface area contributed by atoms with Gasteiger partial charge in [0.05, 0.1) is 11.1 Å². The molecule has 1 N–H and O–H groups in total. The maximum atomic E-state index is 12.5. The molecule has 1 fully saturated rings. The van der Waals surface area contributed by atoms with E-state index in [1.54, 1.807) is 29.2 Å². The second-order valence-corrected chi connectivity index (χ2v) is 6.27. The summed E-state index contributed by atoms with van der Waals surface area (Å²) < 4.78 is 11.0. The van der Waals surface area contributed by atoms with Crippen LogP contribution in [0.5, 0.6) is 11.5 Å². The van der Waals surface area contributed by atoms with Gasteiger partial charge in [-0.1, -0.05) is 0 Å². The number of hydrogen-bond acceptors (Lipinski definition) is 5. The van der Waals surface area contributed by atoms with Crippen molar-refractivity contribution in [2.24, 2.45) is 0 Å². The highest BCUT2D eigenvalue weighted by Gasteiger charge is 2.21. The molecular formula is C19H19N3O4. The molecule has 7 heteroatoms. The van der Waals surface area contributed by atoms with Gasteiger partial charge < -0.3 is 19.7 Å². The molecule has 1 saturated heterocycles. The van der Waals surface area contributed by atoms with Gasteiger partial charge in [0.2, 0.25) is 0 Å². The molecule has 2 aliphatic heterocycles. The molecule has 0 bridgehead atoms. The summed E-state index contributed by atoms with van der Waals surface area (Å²) in [5.41, 5.74) is 1.36. The molecular weight excluding hydrogens is 334 g/mol.